The van der Waals surface area contributed by atoms with Gasteiger partial charge in [0.1, 0.15) is 5.82 Å². The van der Waals surface area contributed by atoms with E-state index in [1.54, 1.807) is 14.2 Å². The number of fused-ring (bicyclic) bond motifs is 1. The number of benzene rings is 1. The molecule has 0 unspecified atom stereocenters. The lowest BCUT2D eigenvalue weighted by molar-refractivity contribution is -0.118. The van der Waals surface area contributed by atoms with Crippen LogP contribution in [-0.4, -0.2) is 65.5 Å². The first-order valence-electron chi connectivity index (χ1n) is 13.8. The van der Waals surface area contributed by atoms with Crippen LogP contribution in [0.5, 0.6) is 5.88 Å². The molecule has 1 aromatic carbocycles. The number of hydrogen-bond donors (Lipinski definition) is 2. The third-order valence-corrected chi connectivity index (χ3v) is 6.73. The van der Waals surface area contributed by atoms with Crippen molar-refractivity contribution >= 4 is 22.7 Å². The van der Waals surface area contributed by atoms with Crippen molar-refractivity contribution < 1.29 is 14.3 Å². The molecular weight excluding hydrogens is 504 g/mol. The number of carbonyl (C=O) groups is 1. The number of nitrogens with one attached hydrogen (secondary N) is 1. The van der Waals surface area contributed by atoms with Crippen LogP contribution in [0, 0.1) is 0 Å². The number of aromatic amines is 1. The third-order valence-electron chi connectivity index (χ3n) is 6.73. The van der Waals surface area contributed by atoms with Gasteiger partial charge in [-0.3, -0.25) is 9.69 Å². The summed E-state index contributed by atoms with van der Waals surface area (Å²) in [5, 5.41) is 1.07. The molecule has 1 aliphatic heterocycles. The molecule has 4 rings (SSSR count). The molecule has 1 fully saturated rings. The Labute approximate surface area is 237 Å². The maximum absolute atomic E-state index is 10.3. The molecule has 1 saturated heterocycles. The number of nitrogens with zero attached hydrogens (tertiary/aromatic N) is 4. The summed E-state index contributed by atoms with van der Waals surface area (Å²) >= 11 is 0. The van der Waals surface area contributed by atoms with Crippen LogP contribution in [-0.2, 0) is 16.0 Å². The minimum atomic E-state index is -0.211. The number of pyridine rings is 1. The number of imidazole rings is 1. The zero-order chi connectivity index (χ0) is 28.7. The lowest BCUT2D eigenvalue weighted by Crippen LogP contribution is -2.31. The van der Waals surface area contributed by atoms with Gasteiger partial charge in [0, 0.05) is 23.6 Å². The summed E-state index contributed by atoms with van der Waals surface area (Å²) in [6.07, 6.45) is 11.9. The van der Waals surface area contributed by atoms with Crippen molar-refractivity contribution in [2.45, 2.75) is 51.4 Å². The summed E-state index contributed by atoms with van der Waals surface area (Å²) in [6.45, 7) is 10.2. The Bertz CT molecular complexity index is 1290. The highest BCUT2D eigenvalue weighted by Crippen LogP contribution is 2.30. The van der Waals surface area contributed by atoms with Gasteiger partial charge in [0.05, 0.1) is 43.7 Å². The first-order valence-corrected chi connectivity index (χ1v) is 13.8. The number of aliphatic imine (C=N–C) groups is 1. The van der Waals surface area contributed by atoms with Crippen molar-refractivity contribution in [3.63, 3.8) is 0 Å². The highest BCUT2D eigenvalue weighted by Gasteiger charge is 2.13. The summed E-state index contributed by atoms with van der Waals surface area (Å²) in [7, 11) is 3.25. The predicted octanol–water partition coefficient (Wildman–Crippen LogP) is 5.44. The Morgan fingerprint density at radius 1 is 1.18 bits per heavy atom. The van der Waals surface area contributed by atoms with Gasteiger partial charge in [-0.05, 0) is 57.3 Å². The van der Waals surface area contributed by atoms with Crippen LogP contribution < -0.4 is 10.5 Å². The number of rotatable bonds is 13. The molecule has 0 saturated carbocycles. The number of methoxy groups -OCH3 is 2. The van der Waals surface area contributed by atoms with E-state index in [2.05, 4.69) is 50.1 Å². The largest absolute Gasteiger partial charge is 0.481 e. The number of ether oxygens (including phenoxy) is 2. The van der Waals surface area contributed by atoms with E-state index in [9.17, 15) is 4.79 Å². The normalized spacial score (nSPS) is 13.5. The molecule has 0 radical (unpaired) electrons. The van der Waals surface area contributed by atoms with Crippen LogP contribution in [0.3, 0.4) is 0 Å². The van der Waals surface area contributed by atoms with Gasteiger partial charge >= 0.3 is 0 Å². The molecule has 9 heteroatoms. The monoisotopic (exact) mass is 546 g/mol. The molecule has 0 atom stereocenters. The summed E-state index contributed by atoms with van der Waals surface area (Å²) in [4.78, 5) is 29.1. The van der Waals surface area contributed by atoms with Crippen LogP contribution in [0.25, 0.3) is 22.2 Å². The number of nitrogens with two attached hydrogens (primary N) is 1. The number of primary amides is 1. The van der Waals surface area contributed by atoms with E-state index in [1.807, 2.05) is 24.4 Å². The van der Waals surface area contributed by atoms with Crippen LogP contribution in [0.2, 0.25) is 0 Å². The molecule has 0 bridgehead atoms. The van der Waals surface area contributed by atoms with E-state index in [0.29, 0.717) is 18.3 Å². The lowest BCUT2D eigenvalue weighted by Gasteiger charge is -2.09. The van der Waals surface area contributed by atoms with Gasteiger partial charge in [-0.1, -0.05) is 44.2 Å². The topological polar surface area (TPSA) is 119 Å². The SMILES string of the molecule is C=CN=C(OC)C(=C)CCCCCCc1ncc(-c2cc3ccccc3nc2OC)[nH]1.NC(=O)CN1CCCC1. The minimum Gasteiger partial charge on any atom is -0.481 e. The maximum Gasteiger partial charge on any atom is 0.231 e. The van der Waals surface area contributed by atoms with Gasteiger partial charge in [-0.2, -0.15) is 0 Å². The van der Waals surface area contributed by atoms with E-state index >= 15 is 0 Å². The number of carbonyl (C=O) groups excluding carboxylic acids is 1. The van der Waals surface area contributed by atoms with Gasteiger partial charge < -0.3 is 20.2 Å². The molecule has 9 nitrogen and oxygen atoms in total. The number of aryl methyl sites for hydroxylation is 1. The Balaban J connectivity index is 0.000000415. The number of para-hydroxylation sites is 1. The first-order chi connectivity index (χ1) is 19.4. The third kappa shape index (κ3) is 9.34. The van der Waals surface area contributed by atoms with Crippen molar-refractivity contribution in [2.75, 3.05) is 33.9 Å². The van der Waals surface area contributed by atoms with Gasteiger partial charge in [0.2, 0.25) is 17.7 Å². The Morgan fingerprint density at radius 3 is 2.62 bits per heavy atom. The first kappa shape index (κ1) is 30.6. The summed E-state index contributed by atoms with van der Waals surface area (Å²) in [5.74, 6) is 1.94. The smallest absolute Gasteiger partial charge is 0.231 e. The number of H-pyrrole nitrogens is 1. The predicted molar refractivity (Wildman–Crippen MR) is 161 cm³/mol. The maximum atomic E-state index is 10.3. The van der Waals surface area contributed by atoms with Gasteiger partial charge in [0.25, 0.3) is 0 Å². The standard InChI is InChI=1S/C25H30N4O2.C6H12N2O/c1-5-26-24(30-3)18(2)12-8-6-7-9-15-23-27-17-22(28-23)20-16-19-13-10-11-14-21(19)29-25(20)31-4;7-6(9)5-8-3-1-2-4-8/h5,10-11,13-14,16-17H,1-2,6-9,12,15H2,3-4H3,(H,27,28);1-5H2,(H2,7,9). The van der Waals surface area contributed by atoms with Crippen LogP contribution in [0.1, 0.15) is 50.8 Å². The molecule has 3 heterocycles. The molecule has 1 aliphatic rings. The van der Waals surface area contributed by atoms with E-state index in [0.717, 1.165) is 85.2 Å². The number of amides is 1. The van der Waals surface area contributed by atoms with Crippen LogP contribution in [0.4, 0.5) is 0 Å². The van der Waals surface area contributed by atoms with Crippen LogP contribution in [0.15, 0.2) is 66.5 Å². The van der Waals surface area contributed by atoms with E-state index in [4.69, 9.17) is 15.2 Å². The molecule has 214 valence electrons. The molecule has 2 aromatic heterocycles. The highest BCUT2D eigenvalue weighted by atomic mass is 16.5. The van der Waals surface area contributed by atoms with Crippen molar-refractivity contribution in [3.05, 3.63) is 67.3 Å². The molecule has 0 spiro atoms. The van der Waals surface area contributed by atoms with E-state index < -0.39 is 0 Å². The lowest BCUT2D eigenvalue weighted by atomic mass is 10.1. The minimum absolute atomic E-state index is 0.211. The molecule has 40 heavy (non-hydrogen) atoms. The highest BCUT2D eigenvalue weighted by molar-refractivity contribution is 5.93. The second-order valence-electron chi connectivity index (χ2n) is 9.77. The van der Waals surface area contributed by atoms with E-state index in [1.165, 1.54) is 19.0 Å². The summed E-state index contributed by atoms with van der Waals surface area (Å²) < 4.78 is 10.7. The quantitative estimate of drug-likeness (QED) is 0.167. The van der Waals surface area contributed by atoms with Crippen molar-refractivity contribution in [1.29, 1.82) is 0 Å². The van der Waals surface area contributed by atoms with E-state index in [-0.39, 0.29) is 5.91 Å². The van der Waals surface area contributed by atoms with Gasteiger partial charge in [0.15, 0.2) is 0 Å². The Hall–Kier alpha value is -3.98. The van der Waals surface area contributed by atoms with Gasteiger partial charge in [-0.15, -0.1) is 0 Å². The number of unbranched alkanes of at least 4 members (excludes halogenated alkanes) is 3. The van der Waals surface area contributed by atoms with Gasteiger partial charge in [-0.25, -0.2) is 15.0 Å². The van der Waals surface area contributed by atoms with Crippen molar-refractivity contribution in [1.82, 2.24) is 19.9 Å². The molecular formula is C31H42N6O3. The molecule has 3 N–H and O–H groups in total. The fourth-order valence-electron chi connectivity index (χ4n) is 4.70. The summed E-state index contributed by atoms with van der Waals surface area (Å²) in [5.41, 5.74) is 8.67. The average molecular weight is 547 g/mol. The zero-order valence-corrected chi connectivity index (χ0v) is 23.8. The second-order valence-corrected chi connectivity index (χ2v) is 9.77. The van der Waals surface area contributed by atoms with Crippen LogP contribution >= 0.6 is 0 Å². The molecule has 1 amide bonds. The zero-order valence-electron chi connectivity index (χ0n) is 23.8. The van der Waals surface area contributed by atoms with Crippen molar-refractivity contribution in [2.24, 2.45) is 10.7 Å². The summed E-state index contributed by atoms with van der Waals surface area (Å²) in [6, 6.07) is 10.1. The second kappa shape index (κ2) is 16.2. The fraction of sp³-hybridized carbons (Fsp3) is 0.419. The Kier molecular flexibility index (Phi) is 12.4. The molecule has 0 aliphatic carbocycles. The molecule has 3 aromatic rings. The van der Waals surface area contributed by atoms with Crippen molar-refractivity contribution in [3.8, 4) is 17.1 Å². The number of aromatic nitrogens is 3. The fourth-order valence-corrected chi connectivity index (χ4v) is 4.70. The average Bonchev–Trinajstić information content (AvgIpc) is 3.65. The Morgan fingerprint density at radius 2 is 1.93 bits per heavy atom. The number of hydrogen-bond acceptors (Lipinski definition) is 7. The number of likely N-dealkylation sites (tertiary alicyclic amines) is 1.